The number of aromatic nitrogens is 6. The number of rotatable bonds is 4. The van der Waals surface area contributed by atoms with Gasteiger partial charge in [0.1, 0.15) is 0 Å². The zero-order chi connectivity index (χ0) is 35.6. The maximum absolute atomic E-state index is 5.17. The second kappa shape index (κ2) is 12.1. The average Bonchev–Trinajstić information content (AvgIpc) is 3.25. The highest BCUT2D eigenvalue weighted by Gasteiger charge is 2.13. The average molecular weight is 689 g/mol. The molecule has 0 fully saturated rings. The van der Waals surface area contributed by atoms with Crippen molar-refractivity contribution in [1.29, 1.82) is 0 Å². The van der Waals surface area contributed by atoms with E-state index in [0.29, 0.717) is 0 Å². The highest BCUT2D eigenvalue weighted by atomic mass is 14.7. The molecule has 6 nitrogen and oxygen atoms in total. The van der Waals surface area contributed by atoms with E-state index in [9.17, 15) is 0 Å². The van der Waals surface area contributed by atoms with Crippen LogP contribution in [-0.4, -0.2) is 29.9 Å². The van der Waals surface area contributed by atoms with Crippen molar-refractivity contribution in [2.45, 2.75) is 0 Å². The van der Waals surface area contributed by atoms with Crippen LogP contribution in [0.5, 0.6) is 0 Å². The van der Waals surface area contributed by atoms with Crippen LogP contribution in [0, 0.1) is 0 Å². The molecule has 0 amide bonds. The minimum Gasteiger partial charge on any atom is -0.254 e. The predicted molar refractivity (Wildman–Crippen MR) is 220 cm³/mol. The Labute approximate surface area is 309 Å². The lowest BCUT2D eigenvalue weighted by atomic mass is 9.98. The van der Waals surface area contributed by atoms with Crippen LogP contribution in [0.25, 0.3) is 110 Å². The molecule has 54 heavy (non-hydrogen) atoms. The van der Waals surface area contributed by atoms with Crippen molar-refractivity contribution in [2.75, 3.05) is 0 Å². The second-order valence-electron chi connectivity index (χ2n) is 13.6. The van der Waals surface area contributed by atoms with Gasteiger partial charge in [0, 0.05) is 68.2 Å². The highest BCUT2D eigenvalue weighted by molar-refractivity contribution is 6.09. The molecule has 6 aromatic heterocycles. The summed E-state index contributed by atoms with van der Waals surface area (Å²) in [4.78, 5) is 28.9. The van der Waals surface area contributed by atoms with Gasteiger partial charge in [-0.15, -0.1) is 0 Å². The molecule has 0 radical (unpaired) electrons. The van der Waals surface area contributed by atoms with Gasteiger partial charge < -0.3 is 0 Å². The Morgan fingerprint density at radius 3 is 1.39 bits per heavy atom. The number of benzene rings is 5. The van der Waals surface area contributed by atoms with Gasteiger partial charge in [-0.3, -0.25) is 19.9 Å². The zero-order valence-corrected chi connectivity index (χ0v) is 28.8. The minimum atomic E-state index is 0.884. The number of hydrogen-bond donors (Lipinski definition) is 0. The first kappa shape index (κ1) is 30.2. The fourth-order valence-corrected chi connectivity index (χ4v) is 7.71. The van der Waals surface area contributed by atoms with Crippen molar-refractivity contribution in [3.05, 3.63) is 170 Å². The Morgan fingerprint density at radius 1 is 0.296 bits per heavy atom. The summed E-state index contributed by atoms with van der Waals surface area (Å²) in [6.07, 6.45) is 7.36. The first-order valence-corrected chi connectivity index (χ1v) is 17.9. The highest BCUT2D eigenvalue weighted by Crippen LogP contribution is 2.35. The SMILES string of the molecule is c1cnc2c(c1)ccc1c(-c3ccc(-c4ccc5ccc(-c6ccc7ccc(-c8ccnc9c8ccc8cccnc89)nc7c6)cc5n4)cc3)ccnc12. The topological polar surface area (TPSA) is 77.3 Å². The van der Waals surface area contributed by atoms with Crippen LogP contribution in [0.4, 0.5) is 0 Å². The van der Waals surface area contributed by atoms with E-state index in [-0.39, 0.29) is 0 Å². The van der Waals surface area contributed by atoms with Crippen LogP contribution in [0.3, 0.4) is 0 Å². The summed E-state index contributed by atoms with van der Waals surface area (Å²) in [7, 11) is 0. The number of pyridine rings is 6. The minimum absolute atomic E-state index is 0.884. The molecule has 0 spiro atoms. The monoisotopic (exact) mass is 688 g/mol. The quantitative estimate of drug-likeness (QED) is 0.171. The molecule has 0 N–H and O–H groups in total. The van der Waals surface area contributed by atoms with E-state index in [2.05, 4.69) is 142 Å². The summed E-state index contributed by atoms with van der Waals surface area (Å²) >= 11 is 0. The summed E-state index contributed by atoms with van der Waals surface area (Å²) in [6, 6.07) is 50.7. The van der Waals surface area contributed by atoms with Crippen LogP contribution < -0.4 is 0 Å². The molecular weight excluding hydrogens is 661 g/mol. The summed E-state index contributed by atoms with van der Waals surface area (Å²) < 4.78 is 0. The third kappa shape index (κ3) is 4.96. The lowest BCUT2D eigenvalue weighted by Gasteiger charge is -2.10. The van der Waals surface area contributed by atoms with Crippen molar-refractivity contribution in [3.63, 3.8) is 0 Å². The first-order chi connectivity index (χ1) is 26.7. The summed E-state index contributed by atoms with van der Waals surface area (Å²) in [6.45, 7) is 0. The fraction of sp³-hybridized carbons (Fsp3) is 0. The molecule has 0 saturated carbocycles. The Hall–Kier alpha value is -7.44. The maximum atomic E-state index is 5.17. The Kier molecular flexibility index (Phi) is 6.75. The second-order valence-corrected chi connectivity index (χ2v) is 13.6. The van der Waals surface area contributed by atoms with Gasteiger partial charge in [0.15, 0.2) is 0 Å². The van der Waals surface area contributed by atoms with Gasteiger partial charge in [-0.1, -0.05) is 97.1 Å². The zero-order valence-electron chi connectivity index (χ0n) is 28.8. The van der Waals surface area contributed by atoms with E-state index >= 15 is 0 Å². The molecule has 6 heterocycles. The predicted octanol–water partition coefficient (Wildman–Crippen LogP) is 11.6. The van der Waals surface area contributed by atoms with E-state index in [1.165, 1.54) is 0 Å². The van der Waals surface area contributed by atoms with Gasteiger partial charge >= 0.3 is 0 Å². The summed E-state index contributed by atoms with van der Waals surface area (Å²) in [5, 5.41) is 6.46. The Bertz CT molecular complexity index is 3280. The number of hydrogen-bond acceptors (Lipinski definition) is 6. The summed E-state index contributed by atoms with van der Waals surface area (Å²) in [5.74, 6) is 0. The third-order valence-corrected chi connectivity index (χ3v) is 10.5. The molecule has 0 aliphatic carbocycles. The molecule has 0 atom stereocenters. The van der Waals surface area contributed by atoms with Gasteiger partial charge in [-0.2, -0.15) is 0 Å². The first-order valence-electron chi connectivity index (χ1n) is 17.9. The van der Waals surface area contributed by atoms with Crippen molar-refractivity contribution in [3.8, 4) is 44.8 Å². The van der Waals surface area contributed by atoms with Gasteiger partial charge in [0.2, 0.25) is 0 Å². The van der Waals surface area contributed by atoms with Crippen molar-refractivity contribution in [2.24, 2.45) is 0 Å². The molecule has 0 bridgehead atoms. The fourth-order valence-electron chi connectivity index (χ4n) is 7.71. The maximum Gasteiger partial charge on any atom is 0.0971 e. The van der Waals surface area contributed by atoms with E-state index in [4.69, 9.17) is 15.0 Å². The molecule has 6 heteroatoms. The Balaban J connectivity index is 0.930. The van der Waals surface area contributed by atoms with Crippen LogP contribution in [-0.2, 0) is 0 Å². The largest absolute Gasteiger partial charge is 0.254 e. The smallest absolute Gasteiger partial charge is 0.0971 e. The van der Waals surface area contributed by atoms with Gasteiger partial charge in [0.05, 0.1) is 44.5 Å². The van der Waals surface area contributed by atoms with Gasteiger partial charge in [-0.05, 0) is 70.8 Å². The van der Waals surface area contributed by atoms with Gasteiger partial charge in [0.25, 0.3) is 0 Å². The molecule has 0 aliphatic heterocycles. The standard InChI is InChI=1S/C48H28N6/c1-3-33-13-17-39-37(21-25-51-47(39)45(33)49-23-1)29-5-7-30(8-6-29)41-19-15-31-9-11-35(27-43(31)53-41)36-12-10-32-16-20-42(54-44(32)28-36)38-22-26-52-48-40(38)18-14-34-4-2-24-50-46(34)48/h1-28H. The number of nitrogens with zero attached hydrogens (tertiary/aromatic N) is 6. The molecule has 11 rings (SSSR count). The van der Waals surface area contributed by atoms with E-state index in [1.807, 2.05) is 43.0 Å². The molecule has 0 saturated heterocycles. The molecule has 0 aliphatic rings. The molecule has 0 unspecified atom stereocenters. The van der Waals surface area contributed by atoms with E-state index in [1.54, 1.807) is 0 Å². The molecule has 5 aromatic carbocycles. The van der Waals surface area contributed by atoms with Crippen molar-refractivity contribution >= 4 is 65.4 Å². The van der Waals surface area contributed by atoms with E-state index in [0.717, 1.165) is 110 Å². The molecule has 11 aromatic rings. The lowest BCUT2D eigenvalue weighted by Crippen LogP contribution is -1.91. The lowest BCUT2D eigenvalue weighted by molar-refractivity contribution is 1.36. The van der Waals surface area contributed by atoms with Gasteiger partial charge in [-0.25, -0.2) is 9.97 Å². The van der Waals surface area contributed by atoms with Crippen molar-refractivity contribution in [1.82, 2.24) is 29.9 Å². The van der Waals surface area contributed by atoms with Crippen molar-refractivity contribution < 1.29 is 0 Å². The number of fused-ring (bicyclic) bond motifs is 8. The normalized spacial score (nSPS) is 11.7. The van der Waals surface area contributed by atoms with Crippen LogP contribution >= 0.6 is 0 Å². The molecular formula is C48H28N6. The van der Waals surface area contributed by atoms with Crippen LogP contribution in [0.15, 0.2) is 170 Å². The van der Waals surface area contributed by atoms with Crippen LogP contribution in [0.1, 0.15) is 0 Å². The summed E-state index contributed by atoms with van der Waals surface area (Å²) in [5.41, 5.74) is 13.9. The Morgan fingerprint density at radius 2 is 0.759 bits per heavy atom. The molecule has 250 valence electrons. The third-order valence-electron chi connectivity index (χ3n) is 10.5. The van der Waals surface area contributed by atoms with E-state index < -0.39 is 0 Å². The van der Waals surface area contributed by atoms with Crippen LogP contribution in [0.2, 0.25) is 0 Å².